The third kappa shape index (κ3) is 4.86. The number of thiophene rings is 1. The van der Waals surface area contributed by atoms with Gasteiger partial charge in [-0.05, 0) is 36.6 Å². The van der Waals surface area contributed by atoms with E-state index >= 15 is 0 Å². The van der Waals surface area contributed by atoms with Crippen LogP contribution in [0.25, 0.3) is 0 Å². The van der Waals surface area contributed by atoms with Crippen molar-refractivity contribution in [2.24, 2.45) is 4.99 Å². The van der Waals surface area contributed by atoms with Crippen LogP contribution in [0, 0.1) is 0 Å². The summed E-state index contributed by atoms with van der Waals surface area (Å²) >= 11 is 1.58. The zero-order valence-electron chi connectivity index (χ0n) is 17.8. The summed E-state index contributed by atoms with van der Waals surface area (Å²) in [7, 11) is 1.64. The fraction of sp³-hybridized carbons (Fsp3) is 0.280. The molecule has 0 saturated carbocycles. The van der Waals surface area contributed by atoms with Crippen LogP contribution in [0.4, 0.5) is 5.00 Å². The number of hydrogen-bond acceptors (Lipinski definition) is 6. The highest BCUT2D eigenvalue weighted by molar-refractivity contribution is 7.16. The van der Waals surface area contributed by atoms with Gasteiger partial charge in [0.05, 0.1) is 19.3 Å². The lowest BCUT2D eigenvalue weighted by Crippen LogP contribution is -2.29. The van der Waals surface area contributed by atoms with Crippen molar-refractivity contribution in [2.45, 2.75) is 26.4 Å². The highest BCUT2D eigenvalue weighted by Gasteiger charge is 2.28. The molecule has 4 rings (SSSR count). The van der Waals surface area contributed by atoms with Crippen LogP contribution >= 0.6 is 11.3 Å². The molecule has 1 aliphatic heterocycles. The first-order valence-corrected chi connectivity index (χ1v) is 11.3. The van der Waals surface area contributed by atoms with E-state index in [1.165, 1.54) is 10.4 Å². The predicted molar refractivity (Wildman–Crippen MR) is 125 cm³/mol. The van der Waals surface area contributed by atoms with E-state index < -0.39 is 0 Å². The molecule has 0 fully saturated rings. The van der Waals surface area contributed by atoms with Crippen molar-refractivity contribution in [3.63, 3.8) is 0 Å². The number of para-hydroxylation sites is 1. The summed E-state index contributed by atoms with van der Waals surface area (Å²) in [6, 6.07) is 18.2. The molecule has 31 heavy (non-hydrogen) atoms. The molecule has 0 saturated heterocycles. The van der Waals surface area contributed by atoms with Crippen molar-refractivity contribution in [3.8, 4) is 5.75 Å². The summed E-state index contributed by atoms with van der Waals surface area (Å²) in [4.78, 5) is 21.1. The summed E-state index contributed by atoms with van der Waals surface area (Å²) < 4.78 is 10.8. The Kier molecular flexibility index (Phi) is 6.79. The molecule has 0 spiro atoms. The lowest BCUT2D eigenvalue weighted by molar-refractivity contribution is 0.0526. The average molecular weight is 435 g/mol. The summed E-state index contributed by atoms with van der Waals surface area (Å²) in [5.74, 6) is 0.461. The number of aliphatic imine (C=N–C) groups is 1. The Balaban J connectivity index is 1.63. The van der Waals surface area contributed by atoms with Crippen molar-refractivity contribution in [2.75, 3.05) is 20.3 Å². The molecule has 2 heterocycles. The van der Waals surface area contributed by atoms with Gasteiger partial charge in [-0.2, -0.15) is 0 Å². The Morgan fingerprint density at radius 2 is 1.94 bits per heavy atom. The first kappa shape index (κ1) is 21.3. The fourth-order valence-corrected chi connectivity index (χ4v) is 5.05. The van der Waals surface area contributed by atoms with Gasteiger partial charge in [-0.1, -0.05) is 42.5 Å². The molecule has 2 aromatic carbocycles. The summed E-state index contributed by atoms with van der Waals surface area (Å²) in [5.41, 5.74) is 3.87. The second-order valence-electron chi connectivity index (χ2n) is 7.35. The van der Waals surface area contributed by atoms with Crippen molar-refractivity contribution >= 4 is 28.5 Å². The second kappa shape index (κ2) is 9.90. The molecular weight excluding hydrogens is 408 g/mol. The molecule has 1 aromatic heterocycles. The van der Waals surface area contributed by atoms with Gasteiger partial charge in [0.15, 0.2) is 0 Å². The van der Waals surface area contributed by atoms with Gasteiger partial charge in [0, 0.05) is 36.3 Å². The van der Waals surface area contributed by atoms with Crippen LogP contribution < -0.4 is 4.74 Å². The minimum absolute atomic E-state index is 0.288. The molecule has 0 bridgehead atoms. The molecule has 5 nitrogen and oxygen atoms in total. The van der Waals surface area contributed by atoms with Crippen LogP contribution in [-0.2, 0) is 24.2 Å². The van der Waals surface area contributed by atoms with Crippen molar-refractivity contribution in [1.29, 1.82) is 0 Å². The minimum Gasteiger partial charge on any atom is -0.496 e. The molecule has 6 heteroatoms. The fourth-order valence-electron chi connectivity index (χ4n) is 3.82. The molecule has 0 amide bonds. The number of ether oxygens (including phenoxy) is 2. The topological polar surface area (TPSA) is 51.1 Å². The third-order valence-electron chi connectivity index (χ3n) is 5.31. The van der Waals surface area contributed by atoms with E-state index in [9.17, 15) is 4.79 Å². The lowest BCUT2D eigenvalue weighted by atomic mass is 10.0. The number of esters is 1. The normalized spacial score (nSPS) is 13.9. The van der Waals surface area contributed by atoms with E-state index in [0.717, 1.165) is 42.9 Å². The number of hydrogen-bond donors (Lipinski definition) is 0. The maximum absolute atomic E-state index is 12.8. The van der Waals surface area contributed by atoms with Gasteiger partial charge in [-0.15, -0.1) is 11.3 Å². The molecule has 0 radical (unpaired) electrons. The third-order valence-corrected chi connectivity index (χ3v) is 6.43. The Morgan fingerprint density at radius 1 is 1.16 bits per heavy atom. The van der Waals surface area contributed by atoms with Crippen molar-refractivity contribution in [1.82, 2.24) is 4.90 Å². The standard InChI is InChI=1S/C25H26N2O3S/c1-3-30-25(28)23-20-13-14-27(16-18-9-5-4-6-10-18)17-22(20)31-24(23)26-15-19-11-7-8-12-21(19)29-2/h4-12,15H,3,13-14,16-17H2,1-2H3. The first-order valence-electron chi connectivity index (χ1n) is 10.4. The second-order valence-corrected chi connectivity index (χ2v) is 8.43. The molecule has 0 unspecified atom stereocenters. The van der Waals surface area contributed by atoms with Gasteiger partial charge in [-0.3, -0.25) is 4.90 Å². The molecule has 0 aliphatic carbocycles. The molecular formula is C25H26N2O3S. The molecule has 3 aromatic rings. The summed E-state index contributed by atoms with van der Waals surface area (Å²) in [6.45, 7) is 4.79. The molecule has 160 valence electrons. The van der Waals surface area contributed by atoms with Crippen LogP contribution in [-0.4, -0.2) is 37.3 Å². The Bertz CT molecular complexity index is 1080. The predicted octanol–water partition coefficient (Wildman–Crippen LogP) is 5.24. The van der Waals surface area contributed by atoms with Crippen LogP contribution in [0.2, 0.25) is 0 Å². The Hall–Kier alpha value is -2.96. The van der Waals surface area contributed by atoms with Crippen molar-refractivity contribution < 1.29 is 14.3 Å². The van der Waals surface area contributed by atoms with E-state index in [-0.39, 0.29) is 5.97 Å². The molecule has 0 N–H and O–H groups in total. The highest BCUT2D eigenvalue weighted by atomic mass is 32.1. The van der Waals surface area contributed by atoms with Gasteiger partial charge in [0.2, 0.25) is 0 Å². The number of carbonyl (C=O) groups excluding carboxylic acids is 1. The van der Waals surface area contributed by atoms with E-state index in [1.54, 1.807) is 24.7 Å². The van der Waals surface area contributed by atoms with E-state index in [2.05, 4.69) is 29.2 Å². The van der Waals surface area contributed by atoms with Gasteiger partial charge < -0.3 is 9.47 Å². The van der Waals surface area contributed by atoms with Crippen LogP contribution in [0.15, 0.2) is 59.6 Å². The van der Waals surface area contributed by atoms with Crippen LogP contribution in [0.1, 0.15) is 38.8 Å². The van der Waals surface area contributed by atoms with Crippen LogP contribution in [0.3, 0.4) is 0 Å². The number of rotatable bonds is 7. The zero-order valence-corrected chi connectivity index (χ0v) is 18.7. The zero-order chi connectivity index (χ0) is 21.6. The van der Waals surface area contributed by atoms with Crippen molar-refractivity contribution in [3.05, 3.63) is 81.7 Å². The number of carbonyl (C=O) groups is 1. The maximum Gasteiger partial charge on any atom is 0.341 e. The number of fused-ring (bicyclic) bond motifs is 1. The van der Waals surface area contributed by atoms with Crippen LogP contribution in [0.5, 0.6) is 5.75 Å². The van der Waals surface area contributed by atoms with Gasteiger partial charge in [0.25, 0.3) is 0 Å². The summed E-state index contributed by atoms with van der Waals surface area (Å²) in [5, 5.41) is 0.705. The number of methoxy groups -OCH3 is 1. The number of benzene rings is 2. The quantitative estimate of drug-likeness (QED) is 0.377. The summed E-state index contributed by atoms with van der Waals surface area (Å²) in [6.07, 6.45) is 2.58. The van der Waals surface area contributed by atoms with E-state index in [1.807, 2.05) is 37.3 Å². The minimum atomic E-state index is -0.288. The van der Waals surface area contributed by atoms with Gasteiger partial charge in [0.1, 0.15) is 10.8 Å². The first-order chi connectivity index (χ1) is 15.2. The van der Waals surface area contributed by atoms with E-state index in [4.69, 9.17) is 14.5 Å². The Labute approximate surface area is 187 Å². The monoisotopic (exact) mass is 434 g/mol. The smallest absolute Gasteiger partial charge is 0.341 e. The molecule has 0 atom stereocenters. The van der Waals surface area contributed by atoms with Gasteiger partial charge >= 0.3 is 5.97 Å². The van der Waals surface area contributed by atoms with Gasteiger partial charge in [-0.25, -0.2) is 9.79 Å². The maximum atomic E-state index is 12.8. The average Bonchev–Trinajstić information content (AvgIpc) is 3.16. The van der Waals surface area contributed by atoms with E-state index in [0.29, 0.717) is 17.2 Å². The molecule has 1 aliphatic rings. The number of nitrogens with zero attached hydrogens (tertiary/aromatic N) is 2. The lowest BCUT2D eigenvalue weighted by Gasteiger charge is -2.27. The largest absolute Gasteiger partial charge is 0.496 e. The Morgan fingerprint density at radius 3 is 2.71 bits per heavy atom. The SMILES string of the molecule is CCOC(=O)c1c(N=Cc2ccccc2OC)sc2c1CCN(Cc1ccccc1)C2. The highest BCUT2D eigenvalue weighted by Crippen LogP contribution is 2.40.